The molecule has 0 aliphatic rings. The largest absolute Gasteiger partial charge is 0.493 e. The number of aromatic nitrogens is 4. The van der Waals surface area contributed by atoms with Crippen LogP contribution in [0.5, 0.6) is 5.88 Å². The van der Waals surface area contributed by atoms with E-state index in [1.165, 1.54) is 4.68 Å². The van der Waals surface area contributed by atoms with Crippen molar-refractivity contribution in [2.75, 3.05) is 0 Å². The smallest absolute Gasteiger partial charge is 0.232 e. The molecule has 0 aliphatic heterocycles. The lowest BCUT2D eigenvalue weighted by Crippen LogP contribution is -1.98. The summed E-state index contributed by atoms with van der Waals surface area (Å²) in [5.41, 5.74) is 6.69. The van der Waals surface area contributed by atoms with Crippen molar-refractivity contribution in [2.45, 2.75) is 13.3 Å². The Bertz CT molecular complexity index is 1290. The third-order valence-corrected chi connectivity index (χ3v) is 5.16. The molecule has 0 amide bonds. The third kappa shape index (κ3) is 3.17. The second kappa shape index (κ2) is 6.95. The minimum absolute atomic E-state index is 0.119. The minimum atomic E-state index is 0.119. The number of nitrogens with one attached hydrogen (secondary N) is 1. The first-order valence-electron chi connectivity index (χ1n) is 9.56. The fourth-order valence-electron chi connectivity index (χ4n) is 3.60. The highest BCUT2D eigenvalue weighted by atomic mass is 16.3. The Kier molecular flexibility index (Phi) is 4.13. The summed E-state index contributed by atoms with van der Waals surface area (Å²) in [5, 5.41) is 15.3. The highest BCUT2D eigenvalue weighted by molar-refractivity contribution is 5.82. The molecule has 5 rings (SSSR count). The van der Waals surface area contributed by atoms with E-state index in [1.54, 1.807) is 0 Å². The molecule has 0 aliphatic carbocycles. The maximum Gasteiger partial charge on any atom is 0.232 e. The predicted octanol–water partition coefficient (Wildman–Crippen LogP) is 5.02. The van der Waals surface area contributed by atoms with Gasteiger partial charge >= 0.3 is 0 Å². The summed E-state index contributed by atoms with van der Waals surface area (Å²) in [5.74, 6) is 0.624. The molecule has 5 heteroatoms. The van der Waals surface area contributed by atoms with Crippen molar-refractivity contribution in [2.24, 2.45) is 0 Å². The number of aryl methyl sites for hydroxylation is 1. The van der Waals surface area contributed by atoms with Gasteiger partial charge in [-0.1, -0.05) is 66.7 Å². The van der Waals surface area contributed by atoms with Crippen molar-refractivity contribution in [3.05, 3.63) is 95.7 Å². The van der Waals surface area contributed by atoms with Crippen LogP contribution in [0.4, 0.5) is 0 Å². The van der Waals surface area contributed by atoms with Crippen LogP contribution in [0.1, 0.15) is 16.8 Å². The summed E-state index contributed by atoms with van der Waals surface area (Å²) >= 11 is 0. The molecule has 0 radical (unpaired) electrons. The van der Waals surface area contributed by atoms with Gasteiger partial charge in [-0.15, -0.1) is 0 Å². The van der Waals surface area contributed by atoms with Gasteiger partial charge in [-0.25, -0.2) is 4.98 Å². The molecule has 5 nitrogen and oxygen atoms in total. The highest BCUT2D eigenvalue weighted by Crippen LogP contribution is 2.28. The van der Waals surface area contributed by atoms with Crippen molar-refractivity contribution in [3.8, 4) is 23.0 Å². The molecule has 0 saturated heterocycles. The second-order valence-corrected chi connectivity index (χ2v) is 7.12. The first-order chi connectivity index (χ1) is 14.2. The number of fused-ring (bicyclic) bond motifs is 1. The highest BCUT2D eigenvalue weighted by Gasteiger charge is 2.18. The van der Waals surface area contributed by atoms with Gasteiger partial charge in [-0.05, 0) is 35.7 Å². The Morgan fingerprint density at radius 1 is 0.897 bits per heavy atom. The van der Waals surface area contributed by atoms with Crippen LogP contribution in [0.15, 0.2) is 78.9 Å². The first-order valence-corrected chi connectivity index (χ1v) is 9.56. The molecule has 0 fully saturated rings. The van der Waals surface area contributed by atoms with Crippen molar-refractivity contribution in [3.63, 3.8) is 0 Å². The molecular weight excluding hydrogens is 360 g/mol. The zero-order chi connectivity index (χ0) is 19.8. The zero-order valence-corrected chi connectivity index (χ0v) is 16.0. The molecule has 2 N–H and O–H groups in total. The molecular formula is C24H20N4O. The number of aromatic hydroxyl groups is 1. The standard InChI is InChI=1S/C24H20N4O/c1-16-20(14-17-8-4-2-5-9-17)23(29)28(27-16)24-25-21-13-12-19(15-22(21)26-24)18-10-6-3-7-11-18/h2-13,15,29H,14H2,1H3,(H,25,26). The number of hydrogen-bond donors (Lipinski definition) is 2. The van der Waals surface area contributed by atoms with Crippen LogP contribution in [0.3, 0.4) is 0 Å². The summed E-state index contributed by atoms with van der Waals surface area (Å²) in [6.45, 7) is 1.91. The van der Waals surface area contributed by atoms with E-state index in [9.17, 15) is 5.11 Å². The lowest BCUT2D eigenvalue weighted by Gasteiger charge is -2.02. The Morgan fingerprint density at radius 3 is 2.38 bits per heavy atom. The molecule has 3 aromatic carbocycles. The number of rotatable bonds is 4. The number of H-pyrrole nitrogens is 1. The molecule has 2 heterocycles. The van der Waals surface area contributed by atoms with Crippen molar-refractivity contribution >= 4 is 11.0 Å². The number of nitrogens with zero attached hydrogens (tertiary/aromatic N) is 3. The van der Waals surface area contributed by atoms with E-state index in [4.69, 9.17) is 0 Å². The van der Waals surface area contributed by atoms with Crippen LogP contribution in [-0.2, 0) is 6.42 Å². The van der Waals surface area contributed by atoms with Gasteiger partial charge in [-0.2, -0.15) is 9.78 Å². The number of benzene rings is 3. The van der Waals surface area contributed by atoms with Crippen molar-refractivity contribution < 1.29 is 5.11 Å². The normalized spacial score (nSPS) is 11.2. The number of imidazole rings is 1. The fourth-order valence-corrected chi connectivity index (χ4v) is 3.60. The van der Waals surface area contributed by atoms with Crippen molar-refractivity contribution in [1.29, 1.82) is 0 Å². The maximum atomic E-state index is 10.8. The van der Waals surface area contributed by atoms with Crippen molar-refractivity contribution in [1.82, 2.24) is 19.7 Å². The Morgan fingerprint density at radius 2 is 1.62 bits per heavy atom. The SMILES string of the molecule is Cc1nn(-c2nc3cc(-c4ccccc4)ccc3[nH]2)c(O)c1Cc1ccccc1. The minimum Gasteiger partial charge on any atom is -0.493 e. The summed E-state index contributed by atoms with van der Waals surface area (Å²) in [4.78, 5) is 7.94. The Labute approximate surface area is 168 Å². The summed E-state index contributed by atoms with van der Waals surface area (Å²) in [6.07, 6.45) is 0.622. The summed E-state index contributed by atoms with van der Waals surface area (Å²) in [7, 11) is 0. The average Bonchev–Trinajstić information content (AvgIpc) is 3.30. The third-order valence-electron chi connectivity index (χ3n) is 5.16. The van der Waals surface area contributed by atoms with Crippen LogP contribution in [0.2, 0.25) is 0 Å². The van der Waals surface area contributed by atoms with E-state index in [-0.39, 0.29) is 5.88 Å². The number of aromatic amines is 1. The molecule has 0 unspecified atom stereocenters. The molecule has 0 atom stereocenters. The molecule has 29 heavy (non-hydrogen) atoms. The van der Waals surface area contributed by atoms with E-state index in [1.807, 2.05) is 67.6 Å². The van der Waals surface area contributed by atoms with E-state index in [2.05, 4.69) is 33.3 Å². The van der Waals surface area contributed by atoms with E-state index >= 15 is 0 Å². The Balaban J connectivity index is 1.53. The van der Waals surface area contributed by atoms with Crippen LogP contribution >= 0.6 is 0 Å². The van der Waals surface area contributed by atoms with E-state index in [0.29, 0.717) is 12.4 Å². The predicted molar refractivity (Wildman–Crippen MR) is 114 cm³/mol. The van der Waals surface area contributed by atoms with Gasteiger partial charge in [0.25, 0.3) is 0 Å². The monoisotopic (exact) mass is 380 g/mol. The van der Waals surface area contributed by atoms with Gasteiger partial charge in [0, 0.05) is 12.0 Å². The van der Waals surface area contributed by atoms with Gasteiger partial charge < -0.3 is 10.1 Å². The van der Waals surface area contributed by atoms with Gasteiger partial charge in [0.1, 0.15) is 0 Å². The summed E-state index contributed by atoms with van der Waals surface area (Å²) in [6, 6.07) is 26.4. The zero-order valence-electron chi connectivity index (χ0n) is 16.0. The molecule has 5 aromatic rings. The molecule has 0 saturated carbocycles. The van der Waals surface area contributed by atoms with Gasteiger partial charge in [-0.3, -0.25) is 0 Å². The quantitative estimate of drug-likeness (QED) is 0.460. The first kappa shape index (κ1) is 17.3. The van der Waals surface area contributed by atoms with Crippen LogP contribution in [0.25, 0.3) is 28.1 Å². The van der Waals surface area contributed by atoms with Crippen LogP contribution < -0.4 is 0 Å². The molecule has 142 valence electrons. The second-order valence-electron chi connectivity index (χ2n) is 7.12. The van der Waals surface area contributed by atoms with E-state index in [0.717, 1.165) is 39.0 Å². The maximum absolute atomic E-state index is 10.8. The van der Waals surface area contributed by atoms with Gasteiger partial charge in [0.15, 0.2) is 0 Å². The Hall–Kier alpha value is -3.86. The van der Waals surface area contributed by atoms with Crippen LogP contribution in [-0.4, -0.2) is 24.9 Å². The molecule has 2 aromatic heterocycles. The molecule has 0 spiro atoms. The fraction of sp³-hybridized carbons (Fsp3) is 0.0833. The van der Waals surface area contributed by atoms with Gasteiger partial charge in [0.05, 0.1) is 16.7 Å². The number of hydrogen-bond acceptors (Lipinski definition) is 3. The average molecular weight is 380 g/mol. The van der Waals surface area contributed by atoms with E-state index < -0.39 is 0 Å². The lowest BCUT2D eigenvalue weighted by atomic mass is 10.1. The lowest BCUT2D eigenvalue weighted by molar-refractivity contribution is 0.426. The van der Waals surface area contributed by atoms with Crippen LogP contribution in [0, 0.1) is 6.92 Å². The topological polar surface area (TPSA) is 66.7 Å². The van der Waals surface area contributed by atoms with Gasteiger partial charge in [0.2, 0.25) is 11.8 Å². The summed E-state index contributed by atoms with van der Waals surface area (Å²) < 4.78 is 1.48. The molecule has 0 bridgehead atoms.